The summed E-state index contributed by atoms with van der Waals surface area (Å²) in [7, 11) is 2.97. The van der Waals surface area contributed by atoms with Crippen LogP contribution in [0, 0.1) is 5.92 Å². The van der Waals surface area contributed by atoms with Crippen molar-refractivity contribution in [2.75, 3.05) is 25.7 Å². The number of methoxy groups -OCH3 is 2. The minimum absolute atomic E-state index is 0.0157. The number of thioether (sulfide) groups is 1. The molecule has 0 aromatic carbocycles. The average Bonchev–Trinajstić information content (AvgIpc) is 2.91. The van der Waals surface area contributed by atoms with E-state index in [-0.39, 0.29) is 17.6 Å². The Bertz CT molecular complexity index is 419. The highest BCUT2D eigenvalue weighted by Crippen LogP contribution is 2.28. The molecule has 0 radical (unpaired) electrons. The van der Waals surface area contributed by atoms with Crippen LogP contribution in [-0.2, 0) is 0 Å². The maximum Gasteiger partial charge on any atom is 0.246 e. The van der Waals surface area contributed by atoms with Crippen LogP contribution < -0.4 is 9.47 Å². The molecule has 0 saturated carbocycles. The number of hydrogen-bond acceptors (Lipinski definition) is 6. The molecule has 17 heavy (non-hydrogen) atoms. The van der Waals surface area contributed by atoms with Crippen molar-refractivity contribution in [3.8, 4) is 11.8 Å². The van der Waals surface area contributed by atoms with Crippen LogP contribution in [0.2, 0.25) is 0 Å². The third-order valence-electron chi connectivity index (χ3n) is 2.65. The van der Waals surface area contributed by atoms with Gasteiger partial charge in [0.1, 0.15) is 0 Å². The van der Waals surface area contributed by atoms with Gasteiger partial charge in [0.25, 0.3) is 0 Å². The van der Waals surface area contributed by atoms with Gasteiger partial charge < -0.3 is 9.47 Å². The van der Waals surface area contributed by atoms with Crippen molar-refractivity contribution in [1.82, 2.24) is 9.97 Å². The summed E-state index contributed by atoms with van der Waals surface area (Å²) in [6.45, 7) is 0. The number of carbonyl (C=O) groups is 1. The smallest absolute Gasteiger partial charge is 0.246 e. The molecule has 1 aromatic heterocycles. The van der Waals surface area contributed by atoms with Crippen molar-refractivity contribution >= 4 is 17.5 Å². The number of ether oxygens (including phenoxy) is 2. The molecule has 2 rings (SSSR count). The van der Waals surface area contributed by atoms with Crippen LogP contribution in [0.4, 0.5) is 0 Å². The van der Waals surface area contributed by atoms with E-state index >= 15 is 0 Å². The quantitative estimate of drug-likeness (QED) is 0.757. The van der Waals surface area contributed by atoms with Crippen molar-refractivity contribution in [3.63, 3.8) is 0 Å². The van der Waals surface area contributed by atoms with Gasteiger partial charge in [0.15, 0.2) is 11.5 Å². The normalized spacial score (nSPS) is 19.1. The van der Waals surface area contributed by atoms with Crippen molar-refractivity contribution in [2.24, 2.45) is 5.92 Å². The number of ketones is 1. The molecule has 1 aliphatic rings. The first kappa shape index (κ1) is 12.2. The van der Waals surface area contributed by atoms with E-state index in [1.165, 1.54) is 20.4 Å². The Morgan fingerprint density at radius 3 is 2.88 bits per heavy atom. The lowest BCUT2D eigenvalue weighted by atomic mass is 10.0. The topological polar surface area (TPSA) is 61.3 Å². The van der Waals surface area contributed by atoms with Crippen molar-refractivity contribution in [2.45, 2.75) is 6.42 Å². The Morgan fingerprint density at radius 1 is 1.47 bits per heavy atom. The van der Waals surface area contributed by atoms with Gasteiger partial charge in [-0.25, -0.2) is 4.98 Å². The molecule has 1 fully saturated rings. The summed E-state index contributed by atoms with van der Waals surface area (Å²) in [6, 6.07) is 0. The van der Waals surface area contributed by atoms with Gasteiger partial charge in [-0.2, -0.15) is 16.7 Å². The van der Waals surface area contributed by atoms with E-state index in [0.717, 1.165) is 17.9 Å². The maximum atomic E-state index is 12.2. The third-order valence-corrected chi connectivity index (χ3v) is 3.82. The monoisotopic (exact) mass is 254 g/mol. The minimum atomic E-state index is 0.0157. The molecule has 92 valence electrons. The molecule has 1 aliphatic heterocycles. The SMILES string of the molecule is COc1cnc(C(=O)C2CCSC2)c(OC)n1. The zero-order chi connectivity index (χ0) is 12.3. The summed E-state index contributed by atoms with van der Waals surface area (Å²) in [5.74, 6) is 2.53. The lowest BCUT2D eigenvalue weighted by molar-refractivity contribution is 0.0924. The third kappa shape index (κ3) is 2.52. The molecule has 0 spiro atoms. The van der Waals surface area contributed by atoms with Crippen LogP contribution in [-0.4, -0.2) is 41.5 Å². The fraction of sp³-hybridized carbons (Fsp3) is 0.545. The first-order valence-corrected chi connectivity index (χ1v) is 6.48. The van der Waals surface area contributed by atoms with E-state index < -0.39 is 0 Å². The molecule has 0 N–H and O–H groups in total. The molecule has 1 aromatic rings. The van der Waals surface area contributed by atoms with Gasteiger partial charge >= 0.3 is 0 Å². The molecule has 1 unspecified atom stereocenters. The lowest BCUT2D eigenvalue weighted by Gasteiger charge is -2.10. The van der Waals surface area contributed by atoms with E-state index in [1.807, 2.05) is 0 Å². The molecule has 0 aliphatic carbocycles. The summed E-state index contributed by atoms with van der Waals surface area (Å²) in [6.07, 6.45) is 2.35. The Kier molecular flexibility index (Phi) is 3.83. The molecule has 1 saturated heterocycles. The van der Waals surface area contributed by atoms with Crippen molar-refractivity contribution in [1.29, 1.82) is 0 Å². The van der Waals surface area contributed by atoms with Crippen LogP contribution in [0.25, 0.3) is 0 Å². The summed E-state index contributed by atoms with van der Waals surface area (Å²) in [4.78, 5) is 20.4. The minimum Gasteiger partial charge on any atom is -0.480 e. The van der Waals surface area contributed by atoms with E-state index in [9.17, 15) is 4.79 Å². The summed E-state index contributed by atoms with van der Waals surface area (Å²) >= 11 is 1.79. The number of Topliss-reactive ketones (excluding diaryl/α,β-unsaturated/α-hetero) is 1. The Labute approximate surface area is 104 Å². The Balaban J connectivity index is 2.27. The average molecular weight is 254 g/mol. The number of rotatable bonds is 4. The summed E-state index contributed by atoms with van der Waals surface area (Å²) in [5.41, 5.74) is 0.306. The molecule has 2 heterocycles. The fourth-order valence-corrected chi connectivity index (χ4v) is 2.92. The van der Waals surface area contributed by atoms with Gasteiger partial charge in [0.05, 0.1) is 20.4 Å². The molecule has 1 atom stereocenters. The van der Waals surface area contributed by atoms with Gasteiger partial charge in [-0.05, 0) is 12.2 Å². The molecule has 5 nitrogen and oxygen atoms in total. The Hall–Kier alpha value is -1.30. The second-order valence-corrected chi connectivity index (χ2v) is 4.84. The first-order chi connectivity index (χ1) is 8.26. The lowest BCUT2D eigenvalue weighted by Crippen LogP contribution is -2.17. The van der Waals surface area contributed by atoms with Crippen LogP contribution >= 0.6 is 11.8 Å². The predicted octanol–water partition coefficient (Wildman–Crippen LogP) is 1.43. The van der Waals surface area contributed by atoms with Gasteiger partial charge in [-0.3, -0.25) is 4.79 Å². The number of hydrogen-bond donors (Lipinski definition) is 0. The highest BCUT2D eigenvalue weighted by molar-refractivity contribution is 7.99. The predicted molar refractivity (Wildman–Crippen MR) is 64.9 cm³/mol. The van der Waals surface area contributed by atoms with Crippen molar-refractivity contribution < 1.29 is 14.3 Å². The molecule has 6 heteroatoms. The van der Waals surface area contributed by atoms with Gasteiger partial charge in [0, 0.05) is 11.7 Å². The zero-order valence-corrected chi connectivity index (χ0v) is 10.6. The van der Waals surface area contributed by atoms with E-state index in [0.29, 0.717) is 11.6 Å². The standard InChI is InChI=1S/C11H14N2O3S/c1-15-8-5-12-9(11(13-8)16-2)10(14)7-3-4-17-6-7/h5,7H,3-4,6H2,1-2H3. The van der Waals surface area contributed by atoms with Crippen molar-refractivity contribution in [3.05, 3.63) is 11.9 Å². The van der Waals surface area contributed by atoms with Crippen LogP contribution in [0.1, 0.15) is 16.9 Å². The number of nitrogens with zero attached hydrogens (tertiary/aromatic N) is 2. The second-order valence-electron chi connectivity index (χ2n) is 3.70. The molecule has 0 amide bonds. The maximum absolute atomic E-state index is 12.2. The highest BCUT2D eigenvalue weighted by atomic mass is 32.2. The van der Waals surface area contributed by atoms with Crippen LogP contribution in [0.5, 0.6) is 11.8 Å². The highest BCUT2D eigenvalue weighted by Gasteiger charge is 2.28. The molecular formula is C11H14N2O3S. The van der Waals surface area contributed by atoms with Gasteiger partial charge in [-0.1, -0.05) is 0 Å². The molecular weight excluding hydrogens is 240 g/mol. The Morgan fingerprint density at radius 2 is 2.29 bits per heavy atom. The van der Waals surface area contributed by atoms with Crippen LogP contribution in [0.3, 0.4) is 0 Å². The van der Waals surface area contributed by atoms with Crippen LogP contribution in [0.15, 0.2) is 6.20 Å². The molecule has 0 bridgehead atoms. The first-order valence-electron chi connectivity index (χ1n) is 5.33. The zero-order valence-electron chi connectivity index (χ0n) is 9.80. The van der Waals surface area contributed by atoms with Gasteiger partial charge in [0.2, 0.25) is 11.8 Å². The van der Waals surface area contributed by atoms with E-state index in [4.69, 9.17) is 9.47 Å². The van der Waals surface area contributed by atoms with E-state index in [1.54, 1.807) is 11.8 Å². The number of aromatic nitrogens is 2. The largest absolute Gasteiger partial charge is 0.480 e. The number of carbonyl (C=O) groups excluding carboxylic acids is 1. The summed E-state index contributed by atoms with van der Waals surface area (Å²) < 4.78 is 10.0. The fourth-order valence-electron chi connectivity index (χ4n) is 1.70. The second kappa shape index (κ2) is 5.35. The van der Waals surface area contributed by atoms with E-state index in [2.05, 4.69) is 9.97 Å². The van der Waals surface area contributed by atoms with Gasteiger partial charge in [-0.15, -0.1) is 0 Å². The summed E-state index contributed by atoms with van der Waals surface area (Å²) in [5, 5.41) is 0.